The molecule has 4 heteroatoms. The molecule has 0 saturated carbocycles. The molecule has 4 nitrogen and oxygen atoms in total. The number of aromatic carboxylic acids is 1. The molecule has 0 bridgehead atoms. The van der Waals surface area contributed by atoms with Gasteiger partial charge in [-0.05, 0) is 66.8 Å². The molecular weight excluding hydrogens is 324 g/mol. The molecular formula is C22H22N2O2. The fourth-order valence-corrected chi connectivity index (χ4v) is 2.87. The minimum Gasteiger partial charge on any atom is -0.478 e. The maximum absolute atomic E-state index is 11.3. The van der Waals surface area contributed by atoms with Gasteiger partial charge in [0, 0.05) is 11.4 Å². The average Bonchev–Trinajstić information content (AvgIpc) is 2.65. The second-order valence-electron chi connectivity index (χ2n) is 6.27. The van der Waals surface area contributed by atoms with Crippen molar-refractivity contribution in [1.29, 1.82) is 0 Å². The summed E-state index contributed by atoms with van der Waals surface area (Å²) in [4.78, 5) is 11.3. The highest BCUT2D eigenvalue weighted by molar-refractivity contribution is 5.95. The number of nitrogens with two attached hydrogens (primary N) is 1. The minimum absolute atomic E-state index is 0.264. The van der Waals surface area contributed by atoms with Crippen LogP contribution in [0.15, 0.2) is 72.8 Å². The lowest BCUT2D eigenvalue weighted by atomic mass is 10.0. The average molecular weight is 346 g/mol. The number of rotatable bonds is 7. The molecule has 3 aromatic rings. The normalized spacial score (nSPS) is 10.5. The van der Waals surface area contributed by atoms with E-state index < -0.39 is 5.97 Å². The van der Waals surface area contributed by atoms with Gasteiger partial charge in [-0.25, -0.2) is 4.79 Å². The van der Waals surface area contributed by atoms with E-state index in [4.69, 9.17) is 5.73 Å². The van der Waals surface area contributed by atoms with Crippen LogP contribution in [0.3, 0.4) is 0 Å². The molecule has 0 aromatic heterocycles. The number of benzene rings is 3. The molecule has 0 aliphatic carbocycles. The van der Waals surface area contributed by atoms with Crippen molar-refractivity contribution < 1.29 is 9.90 Å². The third-order valence-corrected chi connectivity index (χ3v) is 4.30. The van der Waals surface area contributed by atoms with E-state index in [0.29, 0.717) is 5.69 Å². The summed E-state index contributed by atoms with van der Waals surface area (Å²) >= 11 is 0. The maximum atomic E-state index is 11.3. The Bertz CT molecular complexity index is 871. The third kappa shape index (κ3) is 4.63. The number of carboxylic acids is 1. The second kappa shape index (κ2) is 8.21. The van der Waals surface area contributed by atoms with E-state index in [9.17, 15) is 9.90 Å². The van der Waals surface area contributed by atoms with Crippen molar-refractivity contribution in [3.8, 4) is 0 Å². The molecule has 0 fully saturated rings. The Morgan fingerprint density at radius 2 is 1.42 bits per heavy atom. The van der Waals surface area contributed by atoms with E-state index in [-0.39, 0.29) is 5.56 Å². The molecule has 0 atom stereocenters. The summed E-state index contributed by atoms with van der Waals surface area (Å²) in [5, 5.41) is 12.4. The summed E-state index contributed by atoms with van der Waals surface area (Å²) in [5.41, 5.74) is 10.8. The van der Waals surface area contributed by atoms with Gasteiger partial charge in [0.05, 0.1) is 11.3 Å². The molecule has 0 spiro atoms. The summed E-state index contributed by atoms with van der Waals surface area (Å²) in [5.74, 6) is -0.938. The topological polar surface area (TPSA) is 75.3 Å². The lowest BCUT2D eigenvalue weighted by Gasteiger charge is -2.10. The van der Waals surface area contributed by atoms with Crippen molar-refractivity contribution >= 4 is 23.0 Å². The smallest absolute Gasteiger partial charge is 0.337 e. The Morgan fingerprint density at radius 3 is 2.04 bits per heavy atom. The number of aryl methyl sites for hydroxylation is 2. The zero-order valence-electron chi connectivity index (χ0n) is 14.5. The molecule has 0 saturated heterocycles. The van der Waals surface area contributed by atoms with Crippen LogP contribution in [-0.4, -0.2) is 11.1 Å². The van der Waals surface area contributed by atoms with Gasteiger partial charge in [0.25, 0.3) is 0 Å². The Morgan fingerprint density at radius 1 is 0.846 bits per heavy atom. The summed E-state index contributed by atoms with van der Waals surface area (Å²) in [6, 6.07) is 23.0. The van der Waals surface area contributed by atoms with Gasteiger partial charge in [0.1, 0.15) is 0 Å². The van der Waals surface area contributed by atoms with Gasteiger partial charge in [0.15, 0.2) is 0 Å². The number of carbonyl (C=O) groups is 1. The molecule has 3 aromatic carbocycles. The van der Waals surface area contributed by atoms with Crippen LogP contribution in [0.4, 0.5) is 17.1 Å². The fourth-order valence-electron chi connectivity index (χ4n) is 2.87. The van der Waals surface area contributed by atoms with Crippen molar-refractivity contribution in [2.24, 2.45) is 0 Å². The van der Waals surface area contributed by atoms with E-state index in [1.54, 1.807) is 18.2 Å². The van der Waals surface area contributed by atoms with Crippen LogP contribution in [0.2, 0.25) is 0 Å². The first kappa shape index (κ1) is 17.5. The summed E-state index contributed by atoms with van der Waals surface area (Å²) < 4.78 is 0. The standard InChI is InChI=1S/C22H22N2O2/c23-18-12-8-16(9-13-18)4-3-5-17-10-14-19(15-11-17)24-21-7-2-1-6-20(21)22(25)26/h1-2,6-15,24H,3-5,23H2,(H,25,26). The lowest BCUT2D eigenvalue weighted by Crippen LogP contribution is -2.02. The van der Waals surface area contributed by atoms with E-state index in [1.165, 1.54) is 11.1 Å². The largest absolute Gasteiger partial charge is 0.478 e. The van der Waals surface area contributed by atoms with Gasteiger partial charge in [-0.1, -0.05) is 36.4 Å². The van der Waals surface area contributed by atoms with Crippen LogP contribution >= 0.6 is 0 Å². The van der Waals surface area contributed by atoms with Gasteiger partial charge in [-0.2, -0.15) is 0 Å². The summed E-state index contributed by atoms with van der Waals surface area (Å²) in [6.45, 7) is 0. The molecule has 0 amide bonds. The number of hydrogen-bond acceptors (Lipinski definition) is 3. The summed E-state index contributed by atoms with van der Waals surface area (Å²) in [7, 11) is 0. The number of nitrogen functional groups attached to an aromatic ring is 1. The van der Waals surface area contributed by atoms with Gasteiger partial charge < -0.3 is 16.2 Å². The first-order valence-corrected chi connectivity index (χ1v) is 8.64. The SMILES string of the molecule is Nc1ccc(CCCc2ccc(Nc3ccccc3C(=O)O)cc2)cc1. The number of para-hydroxylation sites is 1. The van der Waals surface area contributed by atoms with Crippen LogP contribution < -0.4 is 11.1 Å². The molecule has 0 aliphatic rings. The van der Waals surface area contributed by atoms with Gasteiger partial charge in [0.2, 0.25) is 0 Å². The van der Waals surface area contributed by atoms with Crippen molar-refractivity contribution in [3.05, 3.63) is 89.5 Å². The van der Waals surface area contributed by atoms with E-state index in [0.717, 1.165) is 30.6 Å². The molecule has 0 radical (unpaired) electrons. The van der Waals surface area contributed by atoms with Gasteiger partial charge >= 0.3 is 5.97 Å². The second-order valence-corrected chi connectivity index (χ2v) is 6.27. The molecule has 3 rings (SSSR count). The van der Waals surface area contributed by atoms with E-state index in [2.05, 4.69) is 29.6 Å². The highest BCUT2D eigenvalue weighted by atomic mass is 16.4. The highest BCUT2D eigenvalue weighted by Crippen LogP contribution is 2.21. The van der Waals surface area contributed by atoms with Crippen LogP contribution in [0.25, 0.3) is 0 Å². The van der Waals surface area contributed by atoms with E-state index >= 15 is 0 Å². The predicted octanol–water partition coefficient (Wildman–Crippen LogP) is 4.89. The van der Waals surface area contributed by atoms with Crippen LogP contribution in [-0.2, 0) is 12.8 Å². The number of carboxylic acid groups (broad SMARTS) is 1. The van der Waals surface area contributed by atoms with Crippen molar-refractivity contribution in [1.82, 2.24) is 0 Å². The van der Waals surface area contributed by atoms with E-state index in [1.807, 2.05) is 30.3 Å². The van der Waals surface area contributed by atoms with Gasteiger partial charge in [-0.15, -0.1) is 0 Å². The predicted molar refractivity (Wildman–Crippen MR) is 106 cm³/mol. The van der Waals surface area contributed by atoms with Crippen LogP contribution in [0.1, 0.15) is 27.9 Å². The van der Waals surface area contributed by atoms with Crippen molar-refractivity contribution in [2.75, 3.05) is 11.1 Å². The molecule has 132 valence electrons. The lowest BCUT2D eigenvalue weighted by molar-refractivity contribution is 0.0698. The first-order chi connectivity index (χ1) is 12.6. The third-order valence-electron chi connectivity index (χ3n) is 4.30. The first-order valence-electron chi connectivity index (χ1n) is 8.64. The molecule has 0 aliphatic heterocycles. The minimum atomic E-state index is -0.938. The number of nitrogens with one attached hydrogen (secondary N) is 1. The zero-order chi connectivity index (χ0) is 18.4. The molecule has 4 N–H and O–H groups in total. The zero-order valence-corrected chi connectivity index (χ0v) is 14.5. The van der Waals surface area contributed by atoms with Gasteiger partial charge in [-0.3, -0.25) is 0 Å². The quantitative estimate of drug-likeness (QED) is 0.533. The number of anilines is 3. The van der Waals surface area contributed by atoms with Crippen molar-refractivity contribution in [3.63, 3.8) is 0 Å². The Kier molecular flexibility index (Phi) is 5.54. The fraction of sp³-hybridized carbons (Fsp3) is 0.136. The Hall–Kier alpha value is -3.27. The molecule has 0 unspecified atom stereocenters. The van der Waals surface area contributed by atoms with Crippen LogP contribution in [0, 0.1) is 0 Å². The van der Waals surface area contributed by atoms with Crippen LogP contribution in [0.5, 0.6) is 0 Å². The molecule has 26 heavy (non-hydrogen) atoms. The van der Waals surface area contributed by atoms with Crippen molar-refractivity contribution in [2.45, 2.75) is 19.3 Å². The monoisotopic (exact) mass is 346 g/mol. The Balaban J connectivity index is 1.57. The number of hydrogen-bond donors (Lipinski definition) is 3. The molecule has 0 heterocycles. The highest BCUT2D eigenvalue weighted by Gasteiger charge is 2.08. The summed E-state index contributed by atoms with van der Waals surface area (Å²) in [6.07, 6.45) is 3.08. The maximum Gasteiger partial charge on any atom is 0.337 e. The Labute approximate surface area is 153 Å².